The van der Waals surface area contributed by atoms with Crippen molar-refractivity contribution >= 4 is 11.8 Å². The van der Waals surface area contributed by atoms with E-state index in [4.69, 9.17) is 5.26 Å². The maximum absolute atomic E-state index is 9.79. The third kappa shape index (κ3) is 3.58. The number of aliphatic hydroxyl groups excluding tert-OH is 1. The van der Waals surface area contributed by atoms with E-state index in [-0.39, 0.29) is 11.2 Å². The maximum atomic E-state index is 9.79. The topological polar surface area (TPSA) is 44.0 Å². The fourth-order valence-corrected chi connectivity index (χ4v) is 2.31. The summed E-state index contributed by atoms with van der Waals surface area (Å²) < 4.78 is -0.336. The average Bonchev–Trinajstić information content (AvgIpc) is 2.19. The second kappa shape index (κ2) is 5.20. The molecule has 15 heavy (non-hydrogen) atoms. The van der Waals surface area contributed by atoms with Crippen molar-refractivity contribution < 1.29 is 5.11 Å². The Labute approximate surface area is 94.9 Å². The molecule has 1 aromatic rings. The van der Waals surface area contributed by atoms with Crippen LogP contribution in [0.4, 0.5) is 0 Å². The zero-order chi connectivity index (χ0) is 11.3. The van der Waals surface area contributed by atoms with Crippen LogP contribution in [0.5, 0.6) is 0 Å². The summed E-state index contributed by atoms with van der Waals surface area (Å²) in [5, 5.41) is 18.3. The summed E-state index contributed by atoms with van der Waals surface area (Å²) in [6.07, 6.45) is -0.431. The molecule has 0 aromatic heterocycles. The number of rotatable bonds is 4. The Hall–Kier alpha value is -0.980. The number of thioether (sulfide) groups is 1. The molecule has 0 radical (unpaired) electrons. The van der Waals surface area contributed by atoms with E-state index in [9.17, 15) is 5.11 Å². The van der Waals surface area contributed by atoms with Crippen molar-refractivity contribution in [2.75, 3.05) is 0 Å². The van der Waals surface area contributed by atoms with Crippen molar-refractivity contribution in [3.63, 3.8) is 0 Å². The molecule has 0 aliphatic rings. The zero-order valence-electron chi connectivity index (χ0n) is 8.97. The van der Waals surface area contributed by atoms with Crippen LogP contribution >= 0.6 is 11.8 Å². The van der Waals surface area contributed by atoms with E-state index in [0.29, 0.717) is 0 Å². The van der Waals surface area contributed by atoms with E-state index in [1.54, 1.807) is 11.8 Å². The zero-order valence-corrected chi connectivity index (χ0v) is 9.79. The summed E-state index contributed by atoms with van der Waals surface area (Å²) in [4.78, 5) is 1.11. The fraction of sp³-hybridized carbons (Fsp3) is 0.417. The highest BCUT2D eigenvalue weighted by Gasteiger charge is 2.28. The lowest BCUT2D eigenvalue weighted by atomic mass is 10.0. The number of nitriles is 1. The van der Waals surface area contributed by atoms with Crippen LogP contribution in [0.15, 0.2) is 35.2 Å². The quantitative estimate of drug-likeness (QED) is 0.795. The highest BCUT2D eigenvalue weighted by atomic mass is 32.2. The normalized spacial score (nSPS) is 13.2. The van der Waals surface area contributed by atoms with Crippen LogP contribution in [0.25, 0.3) is 0 Å². The number of aliphatic hydroxyl groups is 1. The molecule has 0 aliphatic heterocycles. The van der Waals surface area contributed by atoms with Gasteiger partial charge in [0.1, 0.15) is 0 Å². The van der Waals surface area contributed by atoms with Gasteiger partial charge in [-0.15, -0.1) is 11.8 Å². The first-order chi connectivity index (χ1) is 7.06. The molecule has 0 saturated carbocycles. The van der Waals surface area contributed by atoms with Crippen molar-refractivity contribution in [1.82, 2.24) is 0 Å². The first kappa shape index (κ1) is 12.1. The lowest BCUT2D eigenvalue weighted by Gasteiger charge is -2.28. The van der Waals surface area contributed by atoms with Crippen molar-refractivity contribution in [2.45, 2.75) is 36.0 Å². The Morgan fingerprint density at radius 2 is 2.00 bits per heavy atom. The van der Waals surface area contributed by atoms with Gasteiger partial charge in [0.15, 0.2) is 0 Å². The van der Waals surface area contributed by atoms with Crippen molar-refractivity contribution in [1.29, 1.82) is 5.26 Å². The molecule has 1 aromatic carbocycles. The molecule has 0 spiro atoms. The molecule has 2 nitrogen and oxygen atoms in total. The van der Waals surface area contributed by atoms with Crippen LogP contribution in [0.2, 0.25) is 0 Å². The molecular formula is C12H15NOS. The van der Waals surface area contributed by atoms with Crippen LogP contribution in [0.3, 0.4) is 0 Å². The molecule has 1 atom stereocenters. The number of nitrogens with zero attached hydrogens (tertiary/aromatic N) is 1. The third-order valence-corrected chi connectivity index (χ3v) is 3.52. The molecule has 80 valence electrons. The standard InChI is InChI=1S/C12H15NOS/c1-12(2,11(14)8-9-13)15-10-6-4-3-5-7-10/h3-7,11,14H,8H2,1-2H3/t11-/m0/s1. The maximum Gasteiger partial charge on any atom is 0.0814 e. The van der Waals surface area contributed by atoms with E-state index in [1.807, 2.05) is 50.2 Å². The highest BCUT2D eigenvalue weighted by molar-refractivity contribution is 8.00. The highest BCUT2D eigenvalue weighted by Crippen LogP contribution is 2.35. The van der Waals surface area contributed by atoms with Gasteiger partial charge in [0.2, 0.25) is 0 Å². The van der Waals surface area contributed by atoms with E-state index in [2.05, 4.69) is 0 Å². The first-order valence-electron chi connectivity index (χ1n) is 4.85. The minimum atomic E-state index is -0.604. The van der Waals surface area contributed by atoms with Gasteiger partial charge in [-0.25, -0.2) is 0 Å². The van der Waals surface area contributed by atoms with Gasteiger partial charge in [0, 0.05) is 9.64 Å². The van der Waals surface area contributed by atoms with Crippen LogP contribution in [0, 0.1) is 11.3 Å². The summed E-state index contributed by atoms with van der Waals surface area (Å²) in [6, 6.07) is 11.9. The molecule has 0 heterocycles. The third-order valence-electron chi connectivity index (χ3n) is 2.21. The number of benzene rings is 1. The van der Waals surface area contributed by atoms with E-state index < -0.39 is 6.10 Å². The number of hydrogen-bond donors (Lipinski definition) is 1. The minimum absolute atomic E-state index is 0.173. The molecule has 0 aliphatic carbocycles. The first-order valence-corrected chi connectivity index (χ1v) is 5.67. The van der Waals surface area contributed by atoms with Gasteiger partial charge in [0.05, 0.1) is 18.6 Å². The van der Waals surface area contributed by atoms with Gasteiger partial charge in [-0.2, -0.15) is 5.26 Å². The second-order valence-corrected chi connectivity index (χ2v) is 5.62. The average molecular weight is 221 g/mol. The van der Waals surface area contributed by atoms with Crippen LogP contribution in [0.1, 0.15) is 20.3 Å². The van der Waals surface area contributed by atoms with Crippen LogP contribution in [-0.4, -0.2) is 16.0 Å². The van der Waals surface area contributed by atoms with Crippen LogP contribution in [-0.2, 0) is 0 Å². The van der Waals surface area contributed by atoms with E-state index in [0.717, 1.165) is 4.90 Å². The van der Waals surface area contributed by atoms with Gasteiger partial charge < -0.3 is 5.11 Å². The van der Waals surface area contributed by atoms with Crippen LogP contribution < -0.4 is 0 Å². The summed E-state index contributed by atoms with van der Waals surface area (Å²) in [7, 11) is 0. The molecule has 0 amide bonds. The predicted molar refractivity (Wildman–Crippen MR) is 62.6 cm³/mol. The molecule has 0 bridgehead atoms. The SMILES string of the molecule is CC(C)(Sc1ccccc1)[C@@H](O)CC#N. The molecule has 3 heteroatoms. The van der Waals surface area contributed by atoms with Gasteiger partial charge in [-0.05, 0) is 26.0 Å². The summed E-state index contributed by atoms with van der Waals surface area (Å²) in [5.74, 6) is 0. The molecule has 0 unspecified atom stereocenters. The Bertz CT molecular complexity index is 342. The molecule has 1 N–H and O–H groups in total. The lowest BCUT2D eigenvalue weighted by molar-refractivity contribution is 0.147. The molecule has 0 fully saturated rings. The monoisotopic (exact) mass is 221 g/mol. The van der Waals surface area contributed by atoms with Crippen molar-refractivity contribution in [3.05, 3.63) is 30.3 Å². The summed E-state index contributed by atoms with van der Waals surface area (Å²) >= 11 is 1.59. The lowest BCUT2D eigenvalue weighted by Crippen LogP contribution is -2.32. The van der Waals surface area contributed by atoms with Crippen molar-refractivity contribution in [3.8, 4) is 6.07 Å². The summed E-state index contributed by atoms with van der Waals surface area (Å²) in [5.41, 5.74) is 0. The molecular weight excluding hydrogens is 206 g/mol. The van der Waals surface area contributed by atoms with E-state index in [1.165, 1.54) is 0 Å². The molecule has 1 rings (SSSR count). The van der Waals surface area contributed by atoms with Gasteiger partial charge in [-0.3, -0.25) is 0 Å². The van der Waals surface area contributed by atoms with Gasteiger partial charge in [0.25, 0.3) is 0 Å². The second-order valence-electron chi connectivity index (χ2n) is 3.90. The Kier molecular flexibility index (Phi) is 4.19. The van der Waals surface area contributed by atoms with Gasteiger partial charge >= 0.3 is 0 Å². The molecule has 0 saturated heterocycles. The Balaban J connectivity index is 2.68. The van der Waals surface area contributed by atoms with Gasteiger partial charge in [-0.1, -0.05) is 18.2 Å². The predicted octanol–water partition coefficient (Wildman–Crippen LogP) is 2.83. The number of hydrogen-bond acceptors (Lipinski definition) is 3. The Morgan fingerprint density at radius 3 is 2.53 bits per heavy atom. The van der Waals surface area contributed by atoms with Crippen molar-refractivity contribution in [2.24, 2.45) is 0 Å². The fourth-order valence-electron chi connectivity index (χ4n) is 1.19. The summed E-state index contributed by atoms with van der Waals surface area (Å²) in [6.45, 7) is 3.90. The Morgan fingerprint density at radius 1 is 1.40 bits per heavy atom. The van der Waals surface area contributed by atoms with E-state index >= 15 is 0 Å². The minimum Gasteiger partial charge on any atom is -0.391 e. The smallest absolute Gasteiger partial charge is 0.0814 e. The largest absolute Gasteiger partial charge is 0.391 e.